The third-order valence-electron chi connectivity index (χ3n) is 6.33. The molecule has 0 saturated carbocycles. The van der Waals surface area contributed by atoms with Crippen molar-refractivity contribution in [3.05, 3.63) is 71.8 Å². The van der Waals surface area contributed by atoms with Gasteiger partial charge in [-0.05, 0) is 45.0 Å². The fourth-order valence-corrected chi connectivity index (χ4v) is 4.37. The minimum Gasteiger partial charge on any atom is -0.390 e. The van der Waals surface area contributed by atoms with Crippen LogP contribution in [-0.2, 0) is 14.4 Å². The summed E-state index contributed by atoms with van der Waals surface area (Å²) < 4.78 is 0. The first kappa shape index (κ1) is 27.4. The molecule has 2 amide bonds. The number of carbonyl (C=O) groups is 2. The maximum absolute atomic E-state index is 14.1. The lowest BCUT2D eigenvalue weighted by molar-refractivity contribution is -0.138. The van der Waals surface area contributed by atoms with Crippen molar-refractivity contribution in [1.29, 1.82) is 0 Å². The van der Waals surface area contributed by atoms with Crippen LogP contribution in [0.2, 0.25) is 0 Å². The predicted octanol–water partition coefficient (Wildman–Crippen LogP) is 4.05. The Bertz CT molecular complexity index is 974. The molecule has 1 fully saturated rings. The zero-order valence-corrected chi connectivity index (χ0v) is 22.2. The molecule has 194 valence electrons. The molecule has 1 heterocycles. The summed E-state index contributed by atoms with van der Waals surface area (Å²) in [6.07, 6.45) is 0.356. The summed E-state index contributed by atoms with van der Waals surface area (Å²) in [5, 5.41) is 7.38. The van der Waals surface area contributed by atoms with Crippen LogP contribution in [0.3, 0.4) is 0 Å². The SMILES string of the molecule is CCN(CC)CCNC(=O)[C@@H]1C/C(=N\OC(C)(C)C)CN1C(=O)C(c1ccccc1)c1ccccc1. The van der Waals surface area contributed by atoms with Gasteiger partial charge in [0, 0.05) is 19.5 Å². The van der Waals surface area contributed by atoms with E-state index in [0.717, 1.165) is 30.8 Å². The number of likely N-dealkylation sites (N-methyl/N-ethyl adjacent to an activating group) is 1. The predicted molar refractivity (Wildman–Crippen MR) is 144 cm³/mol. The Hall–Kier alpha value is -3.19. The summed E-state index contributed by atoms with van der Waals surface area (Å²) in [6.45, 7) is 13.4. The molecule has 7 heteroatoms. The third-order valence-corrected chi connectivity index (χ3v) is 6.33. The van der Waals surface area contributed by atoms with E-state index >= 15 is 0 Å². The molecule has 1 aliphatic rings. The Morgan fingerprint density at radius 3 is 2.08 bits per heavy atom. The molecular weight excluding hydrogens is 452 g/mol. The lowest BCUT2D eigenvalue weighted by Crippen LogP contribution is -2.48. The normalized spacial score (nSPS) is 17.1. The first-order valence-corrected chi connectivity index (χ1v) is 12.9. The van der Waals surface area contributed by atoms with Crippen LogP contribution in [0.4, 0.5) is 0 Å². The highest BCUT2D eigenvalue weighted by molar-refractivity contribution is 6.02. The number of oxime groups is 1. The minimum atomic E-state index is -0.633. The summed E-state index contributed by atoms with van der Waals surface area (Å²) in [5.41, 5.74) is 2.03. The van der Waals surface area contributed by atoms with Gasteiger partial charge in [0.15, 0.2) is 0 Å². The molecular formula is C29H40N4O3. The smallest absolute Gasteiger partial charge is 0.243 e. The molecule has 0 radical (unpaired) electrons. The molecule has 1 aliphatic heterocycles. The molecule has 3 rings (SSSR count). The average molecular weight is 493 g/mol. The number of rotatable bonds is 10. The lowest BCUT2D eigenvalue weighted by atomic mass is 9.90. The van der Waals surface area contributed by atoms with Crippen LogP contribution >= 0.6 is 0 Å². The van der Waals surface area contributed by atoms with E-state index in [0.29, 0.717) is 18.7 Å². The van der Waals surface area contributed by atoms with Crippen LogP contribution in [0.15, 0.2) is 65.8 Å². The summed E-state index contributed by atoms with van der Waals surface area (Å²) >= 11 is 0. The highest BCUT2D eigenvalue weighted by Crippen LogP contribution is 2.30. The van der Waals surface area contributed by atoms with Crippen LogP contribution < -0.4 is 5.32 Å². The fraction of sp³-hybridized carbons (Fsp3) is 0.483. The Morgan fingerprint density at radius 1 is 1.03 bits per heavy atom. The second-order valence-electron chi connectivity index (χ2n) is 10.1. The molecule has 0 unspecified atom stereocenters. The highest BCUT2D eigenvalue weighted by Gasteiger charge is 2.41. The van der Waals surface area contributed by atoms with Gasteiger partial charge in [-0.25, -0.2) is 0 Å². The molecule has 1 saturated heterocycles. The van der Waals surface area contributed by atoms with E-state index in [1.807, 2.05) is 81.4 Å². The molecule has 2 aromatic carbocycles. The van der Waals surface area contributed by atoms with E-state index < -0.39 is 17.6 Å². The van der Waals surface area contributed by atoms with Crippen molar-refractivity contribution in [3.63, 3.8) is 0 Å². The van der Waals surface area contributed by atoms with E-state index in [9.17, 15) is 9.59 Å². The van der Waals surface area contributed by atoms with Crippen LogP contribution in [0.1, 0.15) is 58.1 Å². The monoisotopic (exact) mass is 492 g/mol. The lowest BCUT2D eigenvalue weighted by Gasteiger charge is -2.28. The van der Waals surface area contributed by atoms with Gasteiger partial charge in [0.05, 0.1) is 18.2 Å². The number of hydrogen-bond donors (Lipinski definition) is 1. The van der Waals surface area contributed by atoms with Gasteiger partial charge in [0.2, 0.25) is 11.8 Å². The molecule has 0 aliphatic carbocycles. The van der Waals surface area contributed by atoms with Gasteiger partial charge in [-0.15, -0.1) is 0 Å². The minimum absolute atomic E-state index is 0.114. The molecule has 0 bridgehead atoms. The maximum Gasteiger partial charge on any atom is 0.243 e. The fourth-order valence-electron chi connectivity index (χ4n) is 4.37. The molecule has 36 heavy (non-hydrogen) atoms. The van der Waals surface area contributed by atoms with Crippen LogP contribution in [0.5, 0.6) is 0 Å². The number of nitrogens with one attached hydrogen (secondary N) is 1. The van der Waals surface area contributed by atoms with Gasteiger partial charge in [-0.3, -0.25) is 9.59 Å². The van der Waals surface area contributed by atoms with Crippen molar-refractivity contribution in [2.45, 2.75) is 58.6 Å². The van der Waals surface area contributed by atoms with Crippen molar-refractivity contribution in [3.8, 4) is 0 Å². The quantitative estimate of drug-likeness (QED) is 0.508. The van der Waals surface area contributed by atoms with Gasteiger partial charge in [-0.1, -0.05) is 79.7 Å². The summed E-state index contributed by atoms with van der Waals surface area (Å²) in [4.78, 5) is 37.0. The number of nitrogens with zero attached hydrogens (tertiary/aromatic N) is 3. The van der Waals surface area contributed by atoms with Crippen molar-refractivity contribution in [2.24, 2.45) is 5.16 Å². The second kappa shape index (κ2) is 12.7. The maximum atomic E-state index is 14.1. The van der Waals surface area contributed by atoms with E-state index in [-0.39, 0.29) is 18.4 Å². The van der Waals surface area contributed by atoms with Gasteiger partial charge in [0.1, 0.15) is 11.6 Å². The van der Waals surface area contributed by atoms with Crippen molar-refractivity contribution in [2.75, 3.05) is 32.7 Å². The van der Waals surface area contributed by atoms with Crippen LogP contribution in [-0.4, -0.2) is 71.7 Å². The van der Waals surface area contributed by atoms with Crippen LogP contribution in [0, 0.1) is 0 Å². The van der Waals surface area contributed by atoms with Gasteiger partial charge >= 0.3 is 0 Å². The zero-order chi connectivity index (χ0) is 26.1. The number of benzene rings is 2. The summed E-state index contributed by atoms with van der Waals surface area (Å²) in [5.74, 6) is -0.783. The molecule has 0 spiro atoms. The van der Waals surface area contributed by atoms with Crippen molar-refractivity contribution < 1.29 is 14.4 Å². The van der Waals surface area contributed by atoms with Crippen molar-refractivity contribution >= 4 is 17.5 Å². The second-order valence-corrected chi connectivity index (χ2v) is 10.1. The van der Waals surface area contributed by atoms with Crippen molar-refractivity contribution in [1.82, 2.24) is 15.1 Å². The topological polar surface area (TPSA) is 74.2 Å². The third kappa shape index (κ3) is 7.40. The number of hydrogen-bond acceptors (Lipinski definition) is 5. The standard InChI is InChI=1S/C29H40N4O3/c1-6-32(7-2)19-18-30-27(34)25-20-24(31-36-29(3,4)5)21-33(25)28(35)26(22-14-10-8-11-15-22)23-16-12-9-13-17-23/h8-17,25-26H,6-7,18-21H2,1-5H3,(H,30,34)/b31-24+/t25-/m0/s1. The van der Waals surface area contributed by atoms with Gasteiger partial charge < -0.3 is 20.0 Å². The molecule has 0 aromatic heterocycles. The molecule has 7 nitrogen and oxygen atoms in total. The Balaban J connectivity index is 1.88. The zero-order valence-electron chi connectivity index (χ0n) is 22.2. The Labute approximate surface area is 215 Å². The molecule has 1 N–H and O–H groups in total. The first-order chi connectivity index (χ1) is 17.2. The molecule has 1 atom stereocenters. The van der Waals surface area contributed by atoms with E-state index in [1.54, 1.807) is 4.90 Å². The Kier molecular flexibility index (Phi) is 9.65. The largest absolute Gasteiger partial charge is 0.390 e. The van der Waals surface area contributed by atoms with Crippen LogP contribution in [0.25, 0.3) is 0 Å². The first-order valence-electron chi connectivity index (χ1n) is 12.9. The van der Waals surface area contributed by atoms with E-state index in [1.165, 1.54) is 0 Å². The summed E-state index contributed by atoms with van der Waals surface area (Å²) in [7, 11) is 0. The number of likely N-dealkylation sites (tertiary alicyclic amines) is 1. The van der Waals surface area contributed by atoms with E-state index in [4.69, 9.17) is 4.84 Å². The molecule has 2 aromatic rings. The average Bonchev–Trinajstić information content (AvgIpc) is 3.31. The number of amides is 2. The van der Waals surface area contributed by atoms with Gasteiger partial charge in [-0.2, -0.15) is 0 Å². The number of carbonyl (C=O) groups excluding carboxylic acids is 2. The Morgan fingerprint density at radius 2 is 1.58 bits per heavy atom. The van der Waals surface area contributed by atoms with E-state index in [2.05, 4.69) is 29.2 Å². The summed E-state index contributed by atoms with van der Waals surface area (Å²) in [6, 6.07) is 18.8. The van der Waals surface area contributed by atoms with Gasteiger partial charge in [0.25, 0.3) is 0 Å². The highest BCUT2D eigenvalue weighted by atomic mass is 16.6.